The van der Waals surface area contributed by atoms with Crippen molar-refractivity contribution in [3.8, 4) is 6.07 Å². The molecule has 1 fully saturated rings. The van der Waals surface area contributed by atoms with Crippen molar-refractivity contribution in [1.82, 2.24) is 24.4 Å². The molecule has 0 radical (unpaired) electrons. The molecule has 1 unspecified atom stereocenters. The molecule has 0 aliphatic heterocycles. The fourth-order valence-corrected chi connectivity index (χ4v) is 5.88. The Morgan fingerprint density at radius 2 is 1.90 bits per heavy atom. The monoisotopic (exact) mass is 546 g/mol. The Bertz CT molecular complexity index is 1840. The average molecular weight is 547 g/mol. The smallest absolute Gasteiger partial charge is 0.407 e. The lowest BCUT2D eigenvalue weighted by molar-refractivity contribution is 0.132. The fourth-order valence-electron chi connectivity index (χ4n) is 5.88. The first kappa shape index (κ1) is 26.3. The Labute approximate surface area is 237 Å². The maximum absolute atomic E-state index is 13.7. The van der Waals surface area contributed by atoms with Gasteiger partial charge in [0.1, 0.15) is 29.1 Å². The molecule has 0 saturated heterocycles. The topological polar surface area (TPSA) is 115 Å². The Morgan fingerprint density at radius 3 is 2.73 bits per heavy atom. The Balaban J connectivity index is 1.35. The number of rotatable bonds is 6. The van der Waals surface area contributed by atoms with Gasteiger partial charge in [-0.1, -0.05) is 55.0 Å². The Morgan fingerprint density at radius 1 is 1.10 bits per heavy atom. The molecule has 2 aromatic carbocycles. The normalized spacial score (nSPS) is 16.9. The van der Waals surface area contributed by atoms with Crippen LogP contribution in [0, 0.1) is 11.3 Å². The molecule has 5 aromatic rings. The minimum atomic E-state index is -0.443. The zero-order valence-corrected chi connectivity index (χ0v) is 22.8. The van der Waals surface area contributed by atoms with E-state index in [-0.39, 0.29) is 24.1 Å². The maximum Gasteiger partial charge on any atom is 0.407 e. The van der Waals surface area contributed by atoms with Gasteiger partial charge in [-0.15, -0.1) is 0 Å². The number of nitriles is 1. The van der Waals surface area contributed by atoms with Crippen LogP contribution in [0.1, 0.15) is 54.1 Å². The predicted octanol–water partition coefficient (Wildman–Crippen LogP) is 5.16. The third kappa shape index (κ3) is 5.16. The first-order valence-electron chi connectivity index (χ1n) is 13.8. The zero-order valence-electron chi connectivity index (χ0n) is 22.8. The molecular weight excluding hydrogens is 516 g/mol. The molecule has 9 heteroatoms. The molecule has 2 atom stereocenters. The number of hydrogen-bond donors (Lipinski definition) is 1. The molecule has 1 aliphatic carbocycles. The second-order valence-corrected chi connectivity index (χ2v) is 10.5. The second kappa shape index (κ2) is 11.3. The highest BCUT2D eigenvalue weighted by molar-refractivity contribution is 6.00. The summed E-state index contributed by atoms with van der Waals surface area (Å²) in [5.74, 6) is 0.784. The van der Waals surface area contributed by atoms with Crippen molar-refractivity contribution in [2.24, 2.45) is 7.05 Å². The molecule has 1 amide bonds. The molecule has 6 rings (SSSR count). The number of aromatic nitrogens is 4. The highest BCUT2D eigenvalue weighted by atomic mass is 16.5. The van der Waals surface area contributed by atoms with Gasteiger partial charge in [0.2, 0.25) is 0 Å². The van der Waals surface area contributed by atoms with Gasteiger partial charge < -0.3 is 14.6 Å². The number of amides is 1. The number of alkyl carbamates (subject to hydrolysis) is 1. The second-order valence-electron chi connectivity index (χ2n) is 10.5. The van der Waals surface area contributed by atoms with Crippen LogP contribution >= 0.6 is 0 Å². The number of fused-ring (bicyclic) bond motifs is 3. The van der Waals surface area contributed by atoms with E-state index < -0.39 is 6.09 Å². The summed E-state index contributed by atoms with van der Waals surface area (Å²) in [7, 11) is 1.72. The van der Waals surface area contributed by atoms with Crippen molar-refractivity contribution in [2.75, 3.05) is 0 Å². The van der Waals surface area contributed by atoms with Crippen LogP contribution in [-0.4, -0.2) is 31.2 Å². The first-order chi connectivity index (χ1) is 20.0. The Kier molecular flexibility index (Phi) is 7.21. The summed E-state index contributed by atoms with van der Waals surface area (Å²) in [6.07, 6.45) is 4.50. The average Bonchev–Trinajstić information content (AvgIpc) is 3.39. The molecular formula is C32H30N6O3. The first-order valence-corrected chi connectivity index (χ1v) is 13.8. The highest BCUT2D eigenvalue weighted by Gasteiger charge is 2.30. The van der Waals surface area contributed by atoms with Gasteiger partial charge in [0, 0.05) is 30.6 Å². The highest BCUT2D eigenvalue weighted by Crippen LogP contribution is 2.35. The molecule has 9 nitrogen and oxygen atoms in total. The number of aryl methyl sites for hydroxylation is 1. The predicted molar refractivity (Wildman–Crippen MR) is 155 cm³/mol. The van der Waals surface area contributed by atoms with E-state index in [1.807, 2.05) is 65.2 Å². The molecule has 0 spiro atoms. The van der Waals surface area contributed by atoms with E-state index in [1.54, 1.807) is 23.9 Å². The molecule has 3 heterocycles. The zero-order chi connectivity index (χ0) is 28.3. The van der Waals surface area contributed by atoms with Crippen molar-refractivity contribution in [3.05, 3.63) is 106 Å². The van der Waals surface area contributed by atoms with Gasteiger partial charge in [-0.3, -0.25) is 9.36 Å². The SMILES string of the molecule is Cn1c(=O)c2c(nc([C@@H]3CCCC(NC(=O)OCc4ccccc4)C3)n2Cc2ccccc2C#N)c2cccnc21. The van der Waals surface area contributed by atoms with Gasteiger partial charge in [0.25, 0.3) is 5.56 Å². The summed E-state index contributed by atoms with van der Waals surface area (Å²) in [5, 5.41) is 13.6. The van der Waals surface area contributed by atoms with Crippen molar-refractivity contribution in [2.45, 2.75) is 50.8 Å². The van der Waals surface area contributed by atoms with E-state index in [9.17, 15) is 14.9 Å². The number of hydrogen-bond acceptors (Lipinski definition) is 6. The summed E-state index contributed by atoms with van der Waals surface area (Å²) in [5.41, 5.74) is 3.80. The van der Waals surface area contributed by atoms with Crippen LogP contribution < -0.4 is 10.9 Å². The number of benzene rings is 2. The van der Waals surface area contributed by atoms with E-state index in [0.717, 1.165) is 41.6 Å². The van der Waals surface area contributed by atoms with Crippen LogP contribution in [0.5, 0.6) is 0 Å². The van der Waals surface area contributed by atoms with Gasteiger partial charge in [-0.25, -0.2) is 14.8 Å². The summed E-state index contributed by atoms with van der Waals surface area (Å²) in [6, 6.07) is 23.0. The van der Waals surface area contributed by atoms with E-state index in [2.05, 4.69) is 16.4 Å². The van der Waals surface area contributed by atoms with Gasteiger partial charge >= 0.3 is 6.09 Å². The largest absolute Gasteiger partial charge is 0.445 e. The number of pyridine rings is 2. The number of carbonyl (C=O) groups is 1. The lowest BCUT2D eigenvalue weighted by Gasteiger charge is -2.29. The molecule has 3 aromatic heterocycles. The third-order valence-electron chi connectivity index (χ3n) is 7.90. The molecule has 41 heavy (non-hydrogen) atoms. The van der Waals surface area contributed by atoms with E-state index in [4.69, 9.17) is 9.72 Å². The van der Waals surface area contributed by atoms with Gasteiger partial charge in [0.05, 0.1) is 18.2 Å². The third-order valence-corrected chi connectivity index (χ3v) is 7.90. The van der Waals surface area contributed by atoms with Crippen molar-refractivity contribution in [1.29, 1.82) is 5.26 Å². The summed E-state index contributed by atoms with van der Waals surface area (Å²) in [6.45, 7) is 0.547. The molecule has 1 N–H and O–H groups in total. The molecule has 0 bridgehead atoms. The lowest BCUT2D eigenvalue weighted by atomic mass is 9.85. The van der Waals surface area contributed by atoms with Gasteiger partial charge in [-0.2, -0.15) is 5.26 Å². The molecule has 1 aliphatic rings. The van der Waals surface area contributed by atoms with E-state index in [1.165, 1.54) is 0 Å². The van der Waals surface area contributed by atoms with Crippen LogP contribution in [0.25, 0.3) is 22.1 Å². The van der Waals surface area contributed by atoms with Gasteiger partial charge in [-0.05, 0) is 48.6 Å². The van der Waals surface area contributed by atoms with Gasteiger partial charge in [0.15, 0.2) is 0 Å². The minimum Gasteiger partial charge on any atom is -0.445 e. The summed E-state index contributed by atoms with van der Waals surface area (Å²) in [4.78, 5) is 35.9. The van der Waals surface area contributed by atoms with E-state index in [0.29, 0.717) is 35.2 Å². The number of imidazole rings is 1. The van der Waals surface area contributed by atoms with Crippen molar-refractivity contribution >= 4 is 28.2 Å². The molecule has 206 valence electrons. The maximum atomic E-state index is 13.7. The van der Waals surface area contributed by atoms with Crippen molar-refractivity contribution in [3.63, 3.8) is 0 Å². The van der Waals surface area contributed by atoms with Crippen LogP contribution in [0.4, 0.5) is 4.79 Å². The molecule has 1 saturated carbocycles. The standard InChI is InChI=1S/C32H30N6O3/c1-37-30-26(15-8-16-34-30)27-28(31(37)39)38(19-24-12-6-5-11-23(24)18-33)29(36-27)22-13-7-14-25(17-22)35-32(40)41-20-21-9-3-2-4-10-21/h2-6,8-12,15-16,22,25H,7,13-14,17,19-20H2,1H3,(H,35,40)/t22-,25?/m1/s1. The summed E-state index contributed by atoms with van der Waals surface area (Å²) >= 11 is 0. The van der Waals surface area contributed by atoms with Crippen molar-refractivity contribution < 1.29 is 9.53 Å². The number of nitrogens with one attached hydrogen (secondary N) is 1. The van der Waals surface area contributed by atoms with E-state index >= 15 is 0 Å². The number of carbonyl (C=O) groups excluding carboxylic acids is 1. The fraction of sp³-hybridized carbons (Fsp3) is 0.281. The lowest BCUT2D eigenvalue weighted by Crippen LogP contribution is -2.38. The Hall–Kier alpha value is -4.97. The van der Waals surface area contributed by atoms with Crippen LogP contribution in [0.2, 0.25) is 0 Å². The van der Waals surface area contributed by atoms with Crippen LogP contribution in [0.3, 0.4) is 0 Å². The minimum absolute atomic E-state index is 0.00116. The van der Waals surface area contributed by atoms with Crippen LogP contribution in [0.15, 0.2) is 77.7 Å². The van der Waals surface area contributed by atoms with Crippen LogP contribution in [-0.2, 0) is 24.9 Å². The quantitative estimate of drug-likeness (QED) is 0.315. The number of ether oxygens (including phenoxy) is 1. The number of nitrogens with zero attached hydrogens (tertiary/aromatic N) is 5. The summed E-state index contributed by atoms with van der Waals surface area (Å²) < 4.78 is 9.01.